The Hall–Kier alpha value is -0.390. The molecule has 0 amide bonds. The average molecular weight is 164 g/mol. The first-order valence-corrected chi connectivity index (χ1v) is 4.22. The number of hydrogen-bond acceptors (Lipinski definition) is 2. The highest BCUT2D eigenvalue weighted by Crippen LogP contribution is 1.85. The van der Waals surface area contributed by atoms with Gasteiger partial charge in [0.05, 0.1) is 0 Å². The summed E-state index contributed by atoms with van der Waals surface area (Å²) in [7, 11) is -0.321. The number of rotatable bonds is 4. The molecule has 0 rings (SSSR count). The Kier molecular flexibility index (Phi) is 3.55. The zero-order valence-electron chi connectivity index (χ0n) is 6.16. The molecule has 4 nitrogen and oxygen atoms in total. The summed E-state index contributed by atoms with van der Waals surface area (Å²) in [5.41, 5.74) is 0. The summed E-state index contributed by atoms with van der Waals surface area (Å²) in [6.45, 7) is 3.64. The van der Waals surface area contributed by atoms with Crippen LogP contribution in [-0.4, -0.2) is 33.4 Å². The Balaban J connectivity index is 4.02. The highest BCUT2D eigenvalue weighted by atomic mass is 32.2. The summed E-state index contributed by atoms with van der Waals surface area (Å²) in [6.07, 6.45) is 1.49. The Morgan fingerprint density at radius 3 is 2.40 bits per heavy atom. The lowest BCUT2D eigenvalue weighted by atomic mass is 10.7. The molecule has 0 spiro atoms. The Morgan fingerprint density at radius 1 is 1.60 bits per heavy atom. The molecular weight excluding hydrogens is 152 g/mol. The largest absolute Gasteiger partial charge is 0.279 e. The quantitative estimate of drug-likeness (QED) is 0.573. The highest BCUT2D eigenvalue weighted by molar-refractivity contribution is 7.87. The molecule has 0 radical (unpaired) electrons. The smallest absolute Gasteiger partial charge is 0.198 e. The van der Waals surface area contributed by atoms with E-state index in [0.29, 0.717) is 0 Å². The minimum Gasteiger partial charge on any atom is -0.198 e. The van der Waals surface area contributed by atoms with Gasteiger partial charge in [-0.3, -0.25) is 0 Å². The van der Waals surface area contributed by atoms with E-state index >= 15 is 0 Å². The van der Waals surface area contributed by atoms with E-state index in [1.54, 1.807) is 0 Å². The molecule has 0 saturated heterocycles. The summed E-state index contributed by atoms with van der Waals surface area (Å²) in [6, 6.07) is 0. The van der Waals surface area contributed by atoms with Crippen molar-refractivity contribution in [2.75, 3.05) is 20.6 Å². The SMILES string of the molecule is C=CCNS(=O)(=O)N(C)C. The van der Waals surface area contributed by atoms with E-state index in [9.17, 15) is 8.42 Å². The zero-order valence-corrected chi connectivity index (χ0v) is 6.98. The van der Waals surface area contributed by atoms with Crippen LogP contribution in [0.25, 0.3) is 0 Å². The fourth-order valence-electron chi connectivity index (χ4n) is 0.293. The maximum Gasteiger partial charge on any atom is 0.279 e. The van der Waals surface area contributed by atoms with Gasteiger partial charge in [0, 0.05) is 20.6 Å². The second-order valence-corrected chi connectivity index (χ2v) is 3.89. The van der Waals surface area contributed by atoms with Crippen LogP contribution >= 0.6 is 0 Å². The van der Waals surface area contributed by atoms with Crippen molar-refractivity contribution >= 4 is 10.2 Å². The van der Waals surface area contributed by atoms with Crippen molar-refractivity contribution in [3.8, 4) is 0 Å². The van der Waals surface area contributed by atoms with Gasteiger partial charge in [-0.2, -0.15) is 17.4 Å². The number of hydrogen-bond donors (Lipinski definition) is 1. The second kappa shape index (κ2) is 3.70. The van der Waals surface area contributed by atoms with Crippen LogP contribution < -0.4 is 4.72 Å². The van der Waals surface area contributed by atoms with Gasteiger partial charge in [-0.15, -0.1) is 6.58 Å². The first kappa shape index (κ1) is 9.61. The van der Waals surface area contributed by atoms with Crippen LogP contribution in [0.4, 0.5) is 0 Å². The van der Waals surface area contributed by atoms with E-state index in [1.165, 1.54) is 20.2 Å². The second-order valence-electron chi connectivity index (χ2n) is 1.92. The van der Waals surface area contributed by atoms with Crippen LogP contribution in [0.1, 0.15) is 0 Å². The molecule has 10 heavy (non-hydrogen) atoms. The van der Waals surface area contributed by atoms with Crippen molar-refractivity contribution in [2.24, 2.45) is 0 Å². The molecule has 0 heterocycles. The number of nitrogens with zero attached hydrogens (tertiary/aromatic N) is 1. The van der Waals surface area contributed by atoms with Crippen LogP contribution in [0.3, 0.4) is 0 Å². The molecular formula is C5H12N2O2S. The normalized spacial score (nSPS) is 11.9. The van der Waals surface area contributed by atoms with Crippen molar-refractivity contribution in [3.63, 3.8) is 0 Å². The maximum absolute atomic E-state index is 10.9. The molecule has 0 aromatic rings. The summed E-state index contributed by atoms with van der Waals surface area (Å²) >= 11 is 0. The van der Waals surface area contributed by atoms with Crippen LogP contribution in [-0.2, 0) is 10.2 Å². The van der Waals surface area contributed by atoms with E-state index in [4.69, 9.17) is 0 Å². The molecule has 0 atom stereocenters. The fourth-order valence-corrected chi connectivity index (χ4v) is 0.880. The fraction of sp³-hybridized carbons (Fsp3) is 0.600. The van der Waals surface area contributed by atoms with E-state index in [2.05, 4.69) is 11.3 Å². The monoisotopic (exact) mass is 164 g/mol. The van der Waals surface area contributed by atoms with Crippen molar-refractivity contribution in [1.82, 2.24) is 9.03 Å². The lowest BCUT2D eigenvalue weighted by Crippen LogP contribution is -2.35. The third-order valence-corrected chi connectivity index (χ3v) is 2.38. The first-order valence-electron chi connectivity index (χ1n) is 2.78. The molecule has 0 aromatic carbocycles. The molecule has 5 heteroatoms. The summed E-state index contributed by atoms with van der Waals surface area (Å²) in [5.74, 6) is 0. The first-order chi connectivity index (χ1) is 4.50. The summed E-state index contributed by atoms with van der Waals surface area (Å²) < 4.78 is 25.1. The van der Waals surface area contributed by atoms with Gasteiger partial charge in [-0.05, 0) is 0 Å². The van der Waals surface area contributed by atoms with E-state index < -0.39 is 10.2 Å². The average Bonchev–Trinajstić information content (AvgIpc) is 1.84. The Bertz CT molecular complexity index is 196. The van der Waals surface area contributed by atoms with E-state index in [0.717, 1.165) is 4.31 Å². The predicted molar refractivity (Wildman–Crippen MR) is 40.8 cm³/mol. The molecule has 60 valence electrons. The standard InChI is InChI=1S/C5H12N2O2S/c1-4-5-6-10(8,9)7(2)3/h4,6H,1,5H2,2-3H3. The molecule has 0 unspecified atom stereocenters. The summed E-state index contributed by atoms with van der Waals surface area (Å²) in [5, 5.41) is 0. The number of nitrogens with one attached hydrogen (secondary N) is 1. The minimum atomic E-state index is -3.25. The highest BCUT2D eigenvalue weighted by Gasteiger charge is 2.09. The van der Waals surface area contributed by atoms with Crippen molar-refractivity contribution < 1.29 is 8.42 Å². The minimum absolute atomic E-state index is 0.264. The Morgan fingerprint density at radius 2 is 2.10 bits per heavy atom. The van der Waals surface area contributed by atoms with Crippen LogP contribution in [0, 0.1) is 0 Å². The third-order valence-electron chi connectivity index (χ3n) is 0.891. The lowest BCUT2D eigenvalue weighted by molar-refractivity contribution is 0.509. The van der Waals surface area contributed by atoms with Gasteiger partial charge in [-0.25, -0.2) is 0 Å². The van der Waals surface area contributed by atoms with Crippen molar-refractivity contribution in [3.05, 3.63) is 12.7 Å². The molecule has 1 N–H and O–H groups in total. The van der Waals surface area contributed by atoms with E-state index in [-0.39, 0.29) is 6.54 Å². The van der Waals surface area contributed by atoms with Crippen molar-refractivity contribution in [2.45, 2.75) is 0 Å². The van der Waals surface area contributed by atoms with Gasteiger partial charge in [0.1, 0.15) is 0 Å². The van der Waals surface area contributed by atoms with Gasteiger partial charge in [0.25, 0.3) is 10.2 Å². The van der Waals surface area contributed by atoms with Gasteiger partial charge >= 0.3 is 0 Å². The van der Waals surface area contributed by atoms with Gasteiger partial charge in [0.2, 0.25) is 0 Å². The van der Waals surface area contributed by atoms with Gasteiger partial charge in [0.15, 0.2) is 0 Å². The molecule has 0 fully saturated rings. The van der Waals surface area contributed by atoms with Gasteiger partial charge in [-0.1, -0.05) is 6.08 Å². The third kappa shape index (κ3) is 2.95. The topological polar surface area (TPSA) is 49.4 Å². The van der Waals surface area contributed by atoms with Gasteiger partial charge < -0.3 is 0 Å². The molecule has 0 aromatic heterocycles. The zero-order chi connectivity index (χ0) is 8.20. The summed E-state index contributed by atoms with van der Waals surface area (Å²) in [4.78, 5) is 0. The molecule has 0 aliphatic rings. The van der Waals surface area contributed by atoms with E-state index in [1.807, 2.05) is 0 Å². The van der Waals surface area contributed by atoms with Crippen LogP contribution in [0.5, 0.6) is 0 Å². The lowest BCUT2D eigenvalue weighted by Gasteiger charge is -2.10. The predicted octanol–water partition coefficient (Wildman–Crippen LogP) is -0.432. The molecule has 0 saturated carbocycles. The molecule has 0 aliphatic heterocycles. The molecule has 0 bridgehead atoms. The van der Waals surface area contributed by atoms with Crippen molar-refractivity contribution in [1.29, 1.82) is 0 Å². The maximum atomic E-state index is 10.9. The Labute approximate surface area is 61.7 Å². The molecule has 0 aliphatic carbocycles. The van der Waals surface area contributed by atoms with Crippen LogP contribution in [0.2, 0.25) is 0 Å². The van der Waals surface area contributed by atoms with Crippen LogP contribution in [0.15, 0.2) is 12.7 Å².